The first kappa shape index (κ1) is 22.0. The van der Waals surface area contributed by atoms with Gasteiger partial charge in [0.1, 0.15) is 0 Å². The highest BCUT2D eigenvalue weighted by atomic mass is 35.5. The lowest BCUT2D eigenvalue weighted by atomic mass is 10.2. The summed E-state index contributed by atoms with van der Waals surface area (Å²) >= 11 is 13.1. The zero-order chi connectivity index (χ0) is 19.7. The van der Waals surface area contributed by atoms with Crippen LogP contribution in [0.5, 0.6) is 0 Å². The van der Waals surface area contributed by atoms with Gasteiger partial charge in [0.25, 0.3) is 0 Å². The van der Waals surface area contributed by atoms with Crippen molar-refractivity contribution < 1.29 is 4.57 Å². The Bertz CT molecular complexity index is 753. The molecule has 0 aromatic heterocycles. The molecule has 0 amide bonds. The quantitative estimate of drug-likeness (QED) is 0.384. The zero-order valence-corrected chi connectivity index (χ0v) is 18.2. The van der Waals surface area contributed by atoms with Crippen molar-refractivity contribution >= 4 is 40.6 Å². The molecule has 27 heavy (non-hydrogen) atoms. The summed E-state index contributed by atoms with van der Waals surface area (Å²) in [4.78, 5) is 0. The van der Waals surface area contributed by atoms with Gasteiger partial charge >= 0.3 is 0 Å². The Labute approximate surface area is 172 Å². The van der Waals surface area contributed by atoms with Crippen molar-refractivity contribution in [3.05, 3.63) is 83.4 Å². The third kappa shape index (κ3) is 6.36. The van der Waals surface area contributed by atoms with E-state index in [1.54, 1.807) is 11.6 Å². The second-order valence-electron chi connectivity index (χ2n) is 6.31. The van der Waals surface area contributed by atoms with E-state index >= 15 is 0 Å². The van der Waals surface area contributed by atoms with Crippen LogP contribution in [0.3, 0.4) is 0 Å². The van der Waals surface area contributed by atoms with Crippen LogP contribution in [0.25, 0.3) is 10.1 Å². The van der Waals surface area contributed by atoms with Gasteiger partial charge in [-0.25, -0.2) is 4.67 Å². The van der Waals surface area contributed by atoms with Gasteiger partial charge in [-0.05, 0) is 24.0 Å². The van der Waals surface area contributed by atoms with Crippen LogP contribution in [0.1, 0.15) is 37.8 Å². The fourth-order valence-corrected chi connectivity index (χ4v) is 6.27. The maximum absolute atomic E-state index is 14.1. The Morgan fingerprint density at radius 1 is 0.815 bits per heavy atom. The van der Waals surface area contributed by atoms with E-state index in [4.69, 9.17) is 23.2 Å². The maximum Gasteiger partial charge on any atom is 0.196 e. The van der Waals surface area contributed by atoms with Gasteiger partial charge in [0, 0.05) is 24.7 Å². The maximum atomic E-state index is 14.1. The van der Waals surface area contributed by atoms with Gasteiger partial charge in [-0.15, -0.1) is 0 Å². The Hall–Kier alpha value is -1.31. The molecule has 0 fully saturated rings. The minimum absolute atomic E-state index is 0.477. The van der Waals surface area contributed by atoms with E-state index in [2.05, 4.69) is 13.8 Å². The minimum atomic E-state index is -3.06. The molecule has 0 aliphatic rings. The molecule has 2 aromatic carbocycles. The van der Waals surface area contributed by atoms with Crippen molar-refractivity contribution in [1.82, 2.24) is 4.67 Å². The summed E-state index contributed by atoms with van der Waals surface area (Å²) in [5, 5.41) is 0.954. The smallest absolute Gasteiger partial charge is 0.196 e. The van der Waals surface area contributed by atoms with Crippen LogP contribution < -0.4 is 0 Å². The van der Waals surface area contributed by atoms with E-state index in [-0.39, 0.29) is 0 Å². The molecular weight excluding hydrogens is 396 g/mol. The largest absolute Gasteiger partial charge is 0.297 e. The molecular formula is C22H26Cl2NOP. The van der Waals surface area contributed by atoms with E-state index in [0.717, 1.165) is 37.1 Å². The average Bonchev–Trinajstić information content (AvgIpc) is 2.69. The summed E-state index contributed by atoms with van der Waals surface area (Å²) in [7, 11) is -3.06. The average molecular weight is 422 g/mol. The molecule has 0 spiro atoms. The van der Waals surface area contributed by atoms with E-state index in [1.165, 1.54) is 0 Å². The summed E-state index contributed by atoms with van der Waals surface area (Å²) < 4.78 is 16.1. The van der Waals surface area contributed by atoms with Gasteiger partial charge in [0.05, 0.1) is 10.1 Å². The standard InChI is InChI=1S/C22H26Cl2NOP/c1-3-15-25(16-4-2)27(26,17-21(23)19-11-7-5-8-12-19)18-22(24)20-13-9-6-10-14-20/h5-14,17-18H,3-4,15-16H2,1-2H3/b21-17+,22-18?. The molecule has 0 aliphatic carbocycles. The normalized spacial score (nSPS) is 15.0. The first-order valence-electron chi connectivity index (χ1n) is 9.22. The molecule has 2 nitrogen and oxygen atoms in total. The zero-order valence-electron chi connectivity index (χ0n) is 15.8. The monoisotopic (exact) mass is 421 g/mol. The molecule has 5 heteroatoms. The van der Waals surface area contributed by atoms with Gasteiger partial charge < -0.3 is 0 Å². The van der Waals surface area contributed by atoms with Crippen molar-refractivity contribution in [1.29, 1.82) is 0 Å². The molecule has 144 valence electrons. The highest BCUT2D eigenvalue weighted by molar-refractivity contribution is 7.68. The number of hydrogen-bond acceptors (Lipinski definition) is 1. The number of halogens is 2. The van der Waals surface area contributed by atoms with Crippen molar-refractivity contribution in [3.8, 4) is 0 Å². The molecule has 0 bridgehead atoms. The molecule has 0 saturated heterocycles. The lowest BCUT2D eigenvalue weighted by Gasteiger charge is -2.27. The highest BCUT2D eigenvalue weighted by Gasteiger charge is 2.26. The SMILES string of the molecule is CCCN(CCC)P(=O)(C=C(Cl)c1ccccc1)/C=C(/Cl)c1ccccc1. The van der Waals surface area contributed by atoms with Crippen LogP contribution in [0.4, 0.5) is 0 Å². The second kappa shape index (κ2) is 10.9. The van der Waals surface area contributed by atoms with Crippen LogP contribution in [-0.4, -0.2) is 17.8 Å². The van der Waals surface area contributed by atoms with E-state index in [9.17, 15) is 4.57 Å². The molecule has 2 aromatic rings. The van der Waals surface area contributed by atoms with E-state index in [1.807, 2.05) is 65.3 Å². The number of rotatable bonds is 9. The molecule has 0 aliphatic heterocycles. The topological polar surface area (TPSA) is 20.3 Å². The van der Waals surface area contributed by atoms with Gasteiger partial charge in [-0.2, -0.15) is 0 Å². The van der Waals surface area contributed by atoms with Crippen molar-refractivity contribution in [2.45, 2.75) is 26.7 Å². The van der Waals surface area contributed by atoms with Gasteiger partial charge in [-0.1, -0.05) is 97.7 Å². The first-order valence-corrected chi connectivity index (χ1v) is 11.8. The number of nitrogens with zero attached hydrogens (tertiary/aromatic N) is 1. The summed E-state index contributed by atoms with van der Waals surface area (Å²) in [6.07, 6.45) is 1.80. The number of hydrogen-bond donors (Lipinski definition) is 0. The minimum Gasteiger partial charge on any atom is -0.297 e. The van der Waals surface area contributed by atoms with Gasteiger partial charge in [-0.3, -0.25) is 4.57 Å². The lowest BCUT2D eigenvalue weighted by Crippen LogP contribution is -2.21. The molecule has 0 radical (unpaired) electrons. The first-order chi connectivity index (χ1) is 13.0. The highest BCUT2D eigenvalue weighted by Crippen LogP contribution is 2.57. The number of benzene rings is 2. The molecule has 0 N–H and O–H groups in total. The Morgan fingerprint density at radius 3 is 1.52 bits per heavy atom. The Morgan fingerprint density at radius 2 is 1.19 bits per heavy atom. The van der Waals surface area contributed by atoms with Crippen molar-refractivity contribution in [3.63, 3.8) is 0 Å². The molecule has 0 saturated carbocycles. The van der Waals surface area contributed by atoms with Crippen molar-refractivity contribution in [2.75, 3.05) is 13.1 Å². The van der Waals surface area contributed by atoms with Crippen LogP contribution in [0, 0.1) is 0 Å². The predicted octanol–water partition coefficient (Wildman–Crippen LogP) is 7.86. The predicted molar refractivity (Wildman–Crippen MR) is 120 cm³/mol. The Balaban J connectivity index is 2.52. The van der Waals surface area contributed by atoms with Gasteiger partial charge in [0.15, 0.2) is 7.29 Å². The third-order valence-corrected chi connectivity index (χ3v) is 7.60. The molecule has 2 rings (SSSR count). The van der Waals surface area contributed by atoms with E-state index in [0.29, 0.717) is 10.1 Å². The summed E-state index contributed by atoms with van der Waals surface area (Å²) in [6, 6.07) is 19.2. The lowest BCUT2D eigenvalue weighted by molar-refractivity contribution is 0.419. The van der Waals surface area contributed by atoms with Gasteiger partial charge in [0.2, 0.25) is 0 Å². The fourth-order valence-electron chi connectivity index (χ4n) is 2.81. The van der Waals surface area contributed by atoms with Crippen LogP contribution in [0.15, 0.2) is 72.3 Å². The van der Waals surface area contributed by atoms with E-state index < -0.39 is 7.29 Å². The summed E-state index contributed by atoms with van der Waals surface area (Å²) in [5.74, 6) is 3.36. The summed E-state index contributed by atoms with van der Waals surface area (Å²) in [6.45, 7) is 5.60. The van der Waals surface area contributed by atoms with Crippen LogP contribution >= 0.6 is 30.5 Å². The molecule has 1 atom stereocenters. The second-order valence-corrected chi connectivity index (χ2v) is 9.55. The van der Waals surface area contributed by atoms with Crippen LogP contribution in [-0.2, 0) is 4.57 Å². The summed E-state index contributed by atoms with van der Waals surface area (Å²) in [5.41, 5.74) is 1.69. The fraction of sp³-hybridized carbons (Fsp3) is 0.273. The molecule has 1 unspecified atom stereocenters. The third-order valence-electron chi connectivity index (χ3n) is 4.10. The molecule has 0 heterocycles. The van der Waals surface area contributed by atoms with Crippen LogP contribution in [0.2, 0.25) is 0 Å². The van der Waals surface area contributed by atoms with Crippen molar-refractivity contribution in [2.24, 2.45) is 0 Å². The Kier molecular flexibility index (Phi) is 8.86.